The van der Waals surface area contributed by atoms with Gasteiger partial charge in [0, 0.05) is 19.1 Å². The van der Waals surface area contributed by atoms with Crippen LogP contribution < -0.4 is 0 Å². The predicted octanol–water partition coefficient (Wildman–Crippen LogP) is 2.65. The van der Waals surface area contributed by atoms with Crippen molar-refractivity contribution in [3.05, 3.63) is 35.4 Å². The summed E-state index contributed by atoms with van der Waals surface area (Å²) in [6.07, 6.45) is 4.52. The quantitative estimate of drug-likeness (QED) is 0.754. The average molecular weight is 245 g/mol. The molecule has 0 amide bonds. The topological polar surface area (TPSA) is 12.5 Å². The Morgan fingerprint density at radius 2 is 1.72 bits per heavy atom. The van der Waals surface area contributed by atoms with Crippen LogP contribution in [0.3, 0.4) is 0 Å². The molecule has 3 atom stereocenters. The van der Waals surface area contributed by atoms with Crippen molar-refractivity contribution in [1.82, 2.24) is 4.90 Å². The highest BCUT2D eigenvalue weighted by atomic mass is 16.5. The van der Waals surface area contributed by atoms with Gasteiger partial charge in [-0.1, -0.05) is 24.3 Å². The summed E-state index contributed by atoms with van der Waals surface area (Å²) >= 11 is 0. The van der Waals surface area contributed by atoms with Crippen LogP contribution in [0.4, 0.5) is 0 Å². The Hall–Kier alpha value is -0.860. The molecule has 0 N–H and O–H groups in total. The van der Waals surface area contributed by atoms with Crippen LogP contribution in [-0.2, 0) is 17.6 Å². The number of hydrogen-bond donors (Lipinski definition) is 0. The Kier molecular flexibility index (Phi) is 3.40. The van der Waals surface area contributed by atoms with Crippen molar-refractivity contribution in [3.8, 4) is 0 Å². The third kappa shape index (κ3) is 2.45. The SMILES string of the molecule is C[C@H]1CN([C@@H]2CCc3ccccc3C2)C[C@H](C)O1. The van der Waals surface area contributed by atoms with Gasteiger partial charge in [0.25, 0.3) is 0 Å². The van der Waals surface area contributed by atoms with Crippen molar-refractivity contribution in [1.29, 1.82) is 0 Å². The van der Waals surface area contributed by atoms with Crippen molar-refractivity contribution in [2.75, 3.05) is 13.1 Å². The van der Waals surface area contributed by atoms with Crippen LogP contribution in [-0.4, -0.2) is 36.2 Å². The van der Waals surface area contributed by atoms with Crippen LogP contribution in [0.25, 0.3) is 0 Å². The summed E-state index contributed by atoms with van der Waals surface area (Å²) < 4.78 is 5.83. The summed E-state index contributed by atoms with van der Waals surface area (Å²) in [6.45, 7) is 6.58. The molecule has 98 valence electrons. The molecule has 0 bridgehead atoms. The molecule has 0 saturated carbocycles. The second kappa shape index (κ2) is 5.02. The van der Waals surface area contributed by atoms with E-state index in [2.05, 4.69) is 43.0 Å². The first-order valence-electron chi connectivity index (χ1n) is 7.18. The van der Waals surface area contributed by atoms with Crippen LogP contribution >= 0.6 is 0 Å². The minimum atomic E-state index is 0.380. The lowest BCUT2D eigenvalue weighted by Gasteiger charge is -2.42. The van der Waals surface area contributed by atoms with Gasteiger partial charge in [-0.05, 0) is 44.2 Å². The number of fused-ring (bicyclic) bond motifs is 1. The molecular weight excluding hydrogens is 222 g/mol. The molecule has 1 aromatic rings. The third-order valence-corrected chi connectivity index (χ3v) is 4.29. The van der Waals surface area contributed by atoms with Gasteiger partial charge in [-0.3, -0.25) is 4.90 Å². The standard InChI is InChI=1S/C16H23NO/c1-12-10-17(11-13(2)18-12)16-8-7-14-5-3-4-6-15(14)9-16/h3-6,12-13,16H,7-11H2,1-2H3/t12-,13-,16+/m0/s1. The number of nitrogens with zero attached hydrogens (tertiary/aromatic N) is 1. The molecule has 18 heavy (non-hydrogen) atoms. The molecule has 0 aromatic heterocycles. The first-order chi connectivity index (χ1) is 8.72. The van der Waals surface area contributed by atoms with E-state index in [-0.39, 0.29) is 0 Å². The van der Waals surface area contributed by atoms with E-state index in [4.69, 9.17) is 4.74 Å². The van der Waals surface area contributed by atoms with Crippen molar-refractivity contribution >= 4 is 0 Å². The fourth-order valence-electron chi connectivity index (χ4n) is 3.51. The first kappa shape index (κ1) is 12.2. The van der Waals surface area contributed by atoms with E-state index in [9.17, 15) is 0 Å². The first-order valence-corrected chi connectivity index (χ1v) is 7.18. The minimum absolute atomic E-state index is 0.380. The molecule has 0 spiro atoms. The van der Waals surface area contributed by atoms with Crippen molar-refractivity contribution in [2.45, 2.75) is 51.4 Å². The van der Waals surface area contributed by atoms with Crippen molar-refractivity contribution < 1.29 is 4.74 Å². The second-order valence-electron chi connectivity index (χ2n) is 5.88. The summed E-state index contributed by atoms with van der Waals surface area (Å²) in [7, 11) is 0. The summed E-state index contributed by atoms with van der Waals surface area (Å²) in [5.74, 6) is 0. The molecular formula is C16H23NO. The molecule has 2 aliphatic rings. The van der Waals surface area contributed by atoms with Gasteiger partial charge < -0.3 is 4.74 Å². The molecule has 2 nitrogen and oxygen atoms in total. The maximum absolute atomic E-state index is 5.83. The highest BCUT2D eigenvalue weighted by Gasteiger charge is 2.29. The molecule has 1 heterocycles. The number of ether oxygens (including phenoxy) is 1. The Bertz CT molecular complexity index is 407. The van der Waals surface area contributed by atoms with Gasteiger partial charge in [-0.15, -0.1) is 0 Å². The molecule has 0 radical (unpaired) electrons. The lowest BCUT2D eigenvalue weighted by atomic mass is 9.87. The molecule has 3 rings (SSSR count). The second-order valence-corrected chi connectivity index (χ2v) is 5.88. The normalized spacial score (nSPS) is 33.1. The Labute approximate surface area is 110 Å². The Morgan fingerprint density at radius 1 is 1.06 bits per heavy atom. The zero-order chi connectivity index (χ0) is 12.5. The van der Waals surface area contributed by atoms with E-state index >= 15 is 0 Å². The molecule has 0 unspecified atom stereocenters. The van der Waals surface area contributed by atoms with Gasteiger partial charge in [0.1, 0.15) is 0 Å². The number of morpholine rings is 1. The number of rotatable bonds is 1. The summed E-state index contributed by atoms with van der Waals surface area (Å²) in [5, 5.41) is 0. The Balaban J connectivity index is 1.72. The summed E-state index contributed by atoms with van der Waals surface area (Å²) in [5.41, 5.74) is 3.11. The molecule has 2 heteroatoms. The zero-order valence-corrected chi connectivity index (χ0v) is 11.4. The van der Waals surface area contributed by atoms with E-state index in [1.807, 2.05) is 0 Å². The fraction of sp³-hybridized carbons (Fsp3) is 0.625. The molecule has 1 aliphatic heterocycles. The third-order valence-electron chi connectivity index (χ3n) is 4.29. The highest BCUT2D eigenvalue weighted by Crippen LogP contribution is 2.26. The van der Waals surface area contributed by atoms with Gasteiger partial charge in [0.05, 0.1) is 12.2 Å². The van der Waals surface area contributed by atoms with Gasteiger partial charge in [0.2, 0.25) is 0 Å². The number of aryl methyl sites for hydroxylation is 1. The minimum Gasteiger partial charge on any atom is -0.373 e. The van der Waals surface area contributed by atoms with Crippen LogP contribution in [0, 0.1) is 0 Å². The number of benzene rings is 1. The fourth-order valence-corrected chi connectivity index (χ4v) is 3.51. The lowest BCUT2D eigenvalue weighted by molar-refractivity contribution is -0.0816. The average Bonchev–Trinajstić information content (AvgIpc) is 2.37. The van der Waals surface area contributed by atoms with Gasteiger partial charge in [0.15, 0.2) is 0 Å². The Morgan fingerprint density at radius 3 is 2.44 bits per heavy atom. The van der Waals surface area contributed by atoms with Crippen LogP contribution in [0.15, 0.2) is 24.3 Å². The maximum Gasteiger partial charge on any atom is 0.0678 e. The van der Waals surface area contributed by atoms with Crippen LogP contribution in [0.2, 0.25) is 0 Å². The van der Waals surface area contributed by atoms with Crippen LogP contribution in [0.5, 0.6) is 0 Å². The van der Waals surface area contributed by atoms with Crippen molar-refractivity contribution in [2.24, 2.45) is 0 Å². The zero-order valence-electron chi connectivity index (χ0n) is 11.4. The van der Waals surface area contributed by atoms with Crippen LogP contribution in [0.1, 0.15) is 31.4 Å². The highest BCUT2D eigenvalue weighted by molar-refractivity contribution is 5.30. The van der Waals surface area contributed by atoms with Gasteiger partial charge in [-0.25, -0.2) is 0 Å². The smallest absolute Gasteiger partial charge is 0.0678 e. The van der Waals surface area contributed by atoms with Crippen molar-refractivity contribution in [3.63, 3.8) is 0 Å². The monoisotopic (exact) mass is 245 g/mol. The van der Waals surface area contributed by atoms with E-state index < -0.39 is 0 Å². The maximum atomic E-state index is 5.83. The molecule has 1 saturated heterocycles. The largest absolute Gasteiger partial charge is 0.373 e. The summed E-state index contributed by atoms with van der Waals surface area (Å²) in [4.78, 5) is 2.65. The molecule has 1 fully saturated rings. The lowest BCUT2D eigenvalue weighted by Crippen LogP contribution is -2.51. The number of hydrogen-bond acceptors (Lipinski definition) is 2. The van der Waals surface area contributed by atoms with E-state index in [0.717, 1.165) is 13.1 Å². The molecule has 1 aromatic carbocycles. The van der Waals surface area contributed by atoms with E-state index in [1.54, 1.807) is 11.1 Å². The predicted molar refractivity (Wildman–Crippen MR) is 73.8 cm³/mol. The summed E-state index contributed by atoms with van der Waals surface area (Å²) in [6, 6.07) is 9.64. The van der Waals surface area contributed by atoms with Gasteiger partial charge in [-0.2, -0.15) is 0 Å². The molecule has 1 aliphatic carbocycles. The van der Waals surface area contributed by atoms with E-state index in [1.165, 1.54) is 19.3 Å². The van der Waals surface area contributed by atoms with Gasteiger partial charge >= 0.3 is 0 Å². The van der Waals surface area contributed by atoms with E-state index in [0.29, 0.717) is 18.2 Å².